The van der Waals surface area contributed by atoms with Crippen LogP contribution < -0.4 is 15.3 Å². The topological polar surface area (TPSA) is 103 Å². The van der Waals surface area contributed by atoms with Crippen molar-refractivity contribution in [3.63, 3.8) is 0 Å². The third kappa shape index (κ3) is 76.4. The van der Waals surface area contributed by atoms with E-state index in [1.165, 1.54) is 0 Å². The summed E-state index contributed by atoms with van der Waals surface area (Å²) in [6, 6.07) is 0. The van der Waals surface area contributed by atoms with E-state index in [0.717, 1.165) is 0 Å². The van der Waals surface area contributed by atoms with Gasteiger partial charge in [0.2, 0.25) is 0 Å². The van der Waals surface area contributed by atoms with Gasteiger partial charge in [0.05, 0.1) is 0 Å². The zero-order chi connectivity index (χ0) is 14.4. The quantitative estimate of drug-likeness (QED) is 0.464. The van der Waals surface area contributed by atoms with Crippen LogP contribution in [0.15, 0.2) is 0 Å². The maximum Gasteiger partial charge on any atom is 3.00 e. The first kappa shape index (κ1) is 26.2. The Labute approximate surface area is 120 Å². The number of hydrogen-bond acceptors (Lipinski definition) is 5. The molecule has 5 nitrogen and oxygen atoms in total. The molecular formula is C12H23AlO5. The fourth-order valence-corrected chi connectivity index (χ4v) is 0.528. The summed E-state index contributed by atoms with van der Waals surface area (Å²) in [6.07, 6.45) is -0.228. The van der Waals surface area contributed by atoms with E-state index in [1.54, 1.807) is 27.7 Å². The number of hydrogen-bond donors (Lipinski definition) is 0. The summed E-state index contributed by atoms with van der Waals surface area (Å²) in [5.41, 5.74) is 0. The standard InChI is InChI=1S/C6H10O3.2C3H7O.Al/c1-2-3-5(7)4-6(8)9;2*1-3(2)4;/h2-4H2,1H3,(H,8,9);2*3H,1-2H3;/q;2*-1;+3/p-1. The van der Waals surface area contributed by atoms with Gasteiger partial charge in [0.15, 0.2) is 0 Å². The largest absolute Gasteiger partial charge is 3.00 e. The van der Waals surface area contributed by atoms with Gasteiger partial charge in [-0.3, -0.25) is 4.79 Å². The van der Waals surface area contributed by atoms with E-state index in [0.29, 0.717) is 12.8 Å². The van der Waals surface area contributed by atoms with Crippen molar-refractivity contribution in [3.05, 3.63) is 0 Å². The number of Topliss-reactive ketones (excluding diaryl/α,β-unsaturated/α-hetero) is 1. The van der Waals surface area contributed by atoms with E-state index in [1.807, 2.05) is 6.92 Å². The van der Waals surface area contributed by atoms with Gasteiger partial charge in [-0.15, -0.1) is 12.2 Å². The molecule has 0 saturated carbocycles. The molecule has 6 heteroatoms. The molecule has 0 heterocycles. The maximum absolute atomic E-state index is 10.4. The first-order valence-electron chi connectivity index (χ1n) is 5.66. The smallest absolute Gasteiger partial charge is 0.852 e. The molecule has 0 aliphatic rings. The Kier molecular flexibility index (Phi) is 27.6. The molecule has 18 heavy (non-hydrogen) atoms. The summed E-state index contributed by atoms with van der Waals surface area (Å²) in [7, 11) is 0. The zero-order valence-electron chi connectivity index (χ0n) is 11.9. The summed E-state index contributed by atoms with van der Waals surface area (Å²) < 4.78 is 0. The summed E-state index contributed by atoms with van der Waals surface area (Å²) in [5, 5.41) is 28.8. The van der Waals surface area contributed by atoms with Gasteiger partial charge in [-0.25, -0.2) is 0 Å². The van der Waals surface area contributed by atoms with Crippen molar-refractivity contribution >= 4 is 29.1 Å². The van der Waals surface area contributed by atoms with Gasteiger partial charge in [0.25, 0.3) is 0 Å². The average Bonchev–Trinajstić information content (AvgIpc) is 1.99. The second kappa shape index (κ2) is 18.9. The molecule has 0 atom stereocenters. The third-order valence-electron chi connectivity index (χ3n) is 0.870. The predicted octanol–water partition coefficient (Wildman–Crippen LogP) is -1.37. The second-order valence-electron chi connectivity index (χ2n) is 3.93. The molecule has 0 fully saturated rings. The van der Waals surface area contributed by atoms with Gasteiger partial charge >= 0.3 is 17.4 Å². The molecule has 0 radical (unpaired) electrons. The number of carboxylic acids is 1. The van der Waals surface area contributed by atoms with Gasteiger partial charge in [0, 0.05) is 18.8 Å². The summed E-state index contributed by atoms with van der Waals surface area (Å²) >= 11 is 0. The zero-order valence-corrected chi connectivity index (χ0v) is 13.0. The number of ketones is 1. The fourth-order valence-electron chi connectivity index (χ4n) is 0.528. The van der Waals surface area contributed by atoms with Crippen LogP contribution in [0.3, 0.4) is 0 Å². The molecule has 0 unspecified atom stereocenters. The molecular weight excluding hydrogens is 251 g/mol. The minimum absolute atomic E-state index is 0. The van der Waals surface area contributed by atoms with Crippen molar-refractivity contribution in [1.29, 1.82) is 0 Å². The Balaban J connectivity index is -0.0000000922. The van der Waals surface area contributed by atoms with Crippen LogP contribution in [-0.4, -0.2) is 41.3 Å². The molecule has 0 saturated heterocycles. The van der Waals surface area contributed by atoms with Crippen LogP contribution in [-0.2, 0) is 9.59 Å². The predicted molar refractivity (Wildman–Crippen MR) is 65.6 cm³/mol. The van der Waals surface area contributed by atoms with Crippen LogP contribution in [0.5, 0.6) is 0 Å². The minimum Gasteiger partial charge on any atom is -0.852 e. The molecule has 0 aromatic carbocycles. The van der Waals surface area contributed by atoms with Crippen molar-refractivity contribution in [2.75, 3.05) is 0 Å². The van der Waals surface area contributed by atoms with E-state index in [2.05, 4.69) is 0 Å². The number of carboxylic acid groups (broad SMARTS) is 1. The molecule has 0 bridgehead atoms. The van der Waals surface area contributed by atoms with Gasteiger partial charge in [-0.05, 0) is 6.42 Å². The van der Waals surface area contributed by atoms with Crippen LogP contribution in [0, 0.1) is 0 Å². The molecule has 0 aromatic heterocycles. The molecule has 0 spiro atoms. The van der Waals surface area contributed by atoms with E-state index < -0.39 is 24.6 Å². The van der Waals surface area contributed by atoms with Crippen LogP contribution in [0.1, 0.15) is 53.9 Å². The van der Waals surface area contributed by atoms with Gasteiger partial charge in [0.1, 0.15) is 5.78 Å². The normalized spacial score (nSPS) is 8.50. The number of carbonyl (C=O) groups is 2. The first-order chi connectivity index (χ1) is 7.63. The SMILES string of the molecule is CC(C)[O-].CC(C)[O-].CCCC(=O)CC(=O)[O-].[Al+3]. The number of rotatable bonds is 4. The molecule has 0 rings (SSSR count). The Morgan fingerprint density at radius 2 is 1.28 bits per heavy atom. The molecule has 0 aliphatic carbocycles. The molecule has 0 aliphatic heterocycles. The van der Waals surface area contributed by atoms with E-state index in [9.17, 15) is 24.9 Å². The minimum atomic E-state index is -1.28. The van der Waals surface area contributed by atoms with Gasteiger partial charge < -0.3 is 20.1 Å². The Bertz CT molecular complexity index is 181. The van der Waals surface area contributed by atoms with E-state index in [-0.39, 0.29) is 23.1 Å². The van der Waals surface area contributed by atoms with Gasteiger partial charge in [-0.1, -0.05) is 34.6 Å². The van der Waals surface area contributed by atoms with Crippen LogP contribution in [0.25, 0.3) is 0 Å². The summed E-state index contributed by atoms with van der Waals surface area (Å²) in [5.74, 6) is -1.54. The Hall–Kier alpha value is -0.408. The third-order valence-corrected chi connectivity index (χ3v) is 0.870. The van der Waals surface area contributed by atoms with Crippen LogP contribution in [0.4, 0.5) is 0 Å². The van der Waals surface area contributed by atoms with Crippen molar-refractivity contribution in [2.45, 2.75) is 66.1 Å². The molecule has 104 valence electrons. The van der Waals surface area contributed by atoms with Crippen molar-refractivity contribution < 1.29 is 24.9 Å². The van der Waals surface area contributed by atoms with Crippen LogP contribution in [0.2, 0.25) is 0 Å². The van der Waals surface area contributed by atoms with Gasteiger partial charge in [-0.2, -0.15) is 0 Å². The molecule has 0 aromatic rings. The van der Waals surface area contributed by atoms with Crippen molar-refractivity contribution in [3.8, 4) is 0 Å². The monoisotopic (exact) mass is 274 g/mol. The average molecular weight is 274 g/mol. The number of carbonyl (C=O) groups excluding carboxylic acids is 2. The Morgan fingerprint density at radius 1 is 1.00 bits per heavy atom. The second-order valence-corrected chi connectivity index (χ2v) is 3.93. The Morgan fingerprint density at radius 3 is 1.44 bits per heavy atom. The van der Waals surface area contributed by atoms with Crippen molar-refractivity contribution in [2.24, 2.45) is 0 Å². The first-order valence-corrected chi connectivity index (χ1v) is 5.66. The van der Waals surface area contributed by atoms with Crippen LogP contribution >= 0.6 is 0 Å². The van der Waals surface area contributed by atoms with Crippen molar-refractivity contribution in [1.82, 2.24) is 0 Å². The molecule has 0 N–H and O–H groups in total. The summed E-state index contributed by atoms with van der Waals surface area (Å²) in [6.45, 7) is 8.27. The molecule has 0 amide bonds. The number of aliphatic carboxylic acids is 1. The maximum atomic E-state index is 10.4. The van der Waals surface area contributed by atoms with E-state index in [4.69, 9.17) is 0 Å². The van der Waals surface area contributed by atoms with E-state index >= 15 is 0 Å². The fraction of sp³-hybridized carbons (Fsp3) is 0.833. The summed E-state index contributed by atoms with van der Waals surface area (Å²) in [4.78, 5) is 20.2.